The summed E-state index contributed by atoms with van der Waals surface area (Å²) in [5.74, 6) is -3.39. The highest BCUT2D eigenvalue weighted by atomic mass is 16.4. The zero-order chi connectivity index (χ0) is 24.3. The Morgan fingerprint density at radius 1 is 0.971 bits per heavy atom. The smallest absolute Gasteiger partial charge is 0.414 e. The molecule has 2 aliphatic heterocycles. The summed E-state index contributed by atoms with van der Waals surface area (Å²) < 4.78 is 5.69. The summed E-state index contributed by atoms with van der Waals surface area (Å²) in [6, 6.07) is 18.5. The average molecular weight is 466 g/mol. The summed E-state index contributed by atoms with van der Waals surface area (Å²) in [4.78, 5) is 37.9. The molecular formula is C25H27N3O6. The van der Waals surface area contributed by atoms with Crippen molar-refractivity contribution < 1.29 is 29.0 Å². The van der Waals surface area contributed by atoms with Crippen LogP contribution in [-0.4, -0.2) is 70.2 Å². The van der Waals surface area contributed by atoms with Gasteiger partial charge in [-0.15, -0.1) is 0 Å². The number of carbonyl (C=O) groups excluding carboxylic acids is 1. The van der Waals surface area contributed by atoms with Crippen LogP contribution in [0.15, 0.2) is 65.3 Å². The molecule has 9 nitrogen and oxygen atoms in total. The van der Waals surface area contributed by atoms with E-state index in [0.717, 1.165) is 43.7 Å². The summed E-state index contributed by atoms with van der Waals surface area (Å²) in [5.41, 5.74) is 2.88. The van der Waals surface area contributed by atoms with E-state index in [1.807, 2.05) is 48.5 Å². The van der Waals surface area contributed by atoms with E-state index in [4.69, 9.17) is 24.2 Å². The SMILES string of the molecule is CN1CN(c2ccccc2)C2(CCN(Cc3coc4ccccc34)CC2)C1=O.O=C(O)C(=O)O. The minimum atomic E-state index is -1.82. The highest BCUT2D eigenvalue weighted by molar-refractivity contribution is 6.27. The highest BCUT2D eigenvalue weighted by Crippen LogP contribution is 2.39. The van der Waals surface area contributed by atoms with Crippen molar-refractivity contribution in [1.82, 2.24) is 9.80 Å². The lowest BCUT2D eigenvalue weighted by Crippen LogP contribution is -2.56. The minimum absolute atomic E-state index is 0.254. The maximum absolute atomic E-state index is 13.1. The van der Waals surface area contributed by atoms with Gasteiger partial charge in [0.05, 0.1) is 12.9 Å². The number of anilines is 1. The molecule has 9 heteroatoms. The summed E-state index contributed by atoms with van der Waals surface area (Å²) in [6.07, 6.45) is 3.57. The number of fused-ring (bicyclic) bond motifs is 1. The number of furan rings is 1. The first-order chi connectivity index (χ1) is 16.3. The monoisotopic (exact) mass is 465 g/mol. The number of aliphatic carboxylic acids is 2. The zero-order valence-corrected chi connectivity index (χ0v) is 18.9. The van der Waals surface area contributed by atoms with Crippen LogP contribution in [0.4, 0.5) is 5.69 Å². The number of para-hydroxylation sites is 2. The van der Waals surface area contributed by atoms with Gasteiger partial charge < -0.3 is 24.4 Å². The first kappa shape index (κ1) is 23.3. The van der Waals surface area contributed by atoms with E-state index in [2.05, 4.69) is 34.1 Å². The van der Waals surface area contributed by atoms with E-state index in [-0.39, 0.29) is 5.91 Å². The summed E-state index contributed by atoms with van der Waals surface area (Å²) >= 11 is 0. The zero-order valence-electron chi connectivity index (χ0n) is 18.9. The van der Waals surface area contributed by atoms with E-state index >= 15 is 0 Å². The molecule has 2 aromatic carbocycles. The first-order valence-corrected chi connectivity index (χ1v) is 11.0. The van der Waals surface area contributed by atoms with Crippen LogP contribution >= 0.6 is 0 Å². The van der Waals surface area contributed by atoms with Crippen LogP contribution in [0.25, 0.3) is 11.0 Å². The van der Waals surface area contributed by atoms with Crippen LogP contribution in [0.2, 0.25) is 0 Å². The van der Waals surface area contributed by atoms with Gasteiger partial charge in [-0.2, -0.15) is 0 Å². The third-order valence-corrected chi connectivity index (χ3v) is 6.50. The number of rotatable bonds is 3. The normalized spacial score (nSPS) is 17.6. The number of benzene rings is 2. The molecule has 1 amide bonds. The molecule has 3 aromatic rings. The van der Waals surface area contributed by atoms with Gasteiger partial charge in [0.2, 0.25) is 5.91 Å². The maximum Gasteiger partial charge on any atom is 0.414 e. The molecular weight excluding hydrogens is 438 g/mol. The van der Waals surface area contributed by atoms with E-state index < -0.39 is 17.5 Å². The molecule has 0 radical (unpaired) electrons. The number of amides is 1. The van der Waals surface area contributed by atoms with Gasteiger partial charge in [-0.3, -0.25) is 9.69 Å². The Bertz CT molecular complexity index is 1170. The Kier molecular flexibility index (Phi) is 6.56. The third-order valence-electron chi connectivity index (χ3n) is 6.50. The average Bonchev–Trinajstić information content (AvgIpc) is 3.36. The molecule has 0 saturated carbocycles. The van der Waals surface area contributed by atoms with Gasteiger partial charge in [0.1, 0.15) is 11.1 Å². The standard InChI is InChI=1S/C23H25N3O2.C2H2O4/c1-24-17-26(19-7-3-2-4-8-19)23(22(24)27)11-13-25(14-12-23)15-18-16-28-21-10-6-5-9-20(18)21;3-1(4)2(5)6/h2-10,16H,11-15,17H2,1H3;(H,3,4)(H,5,6). The van der Waals surface area contributed by atoms with Gasteiger partial charge in [-0.1, -0.05) is 36.4 Å². The lowest BCUT2D eigenvalue weighted by molar-refractivity contribution is -0.159. The number of piperidine rings is 1. The number of carboxylic acids is 2. The largest absolute Gasteiger partial charge is 0.473 e. The minimum Gasteiger partial charge on any atom is -0.473 e. The van der Waals surface area contributed by atoms with Crippen LogP contribution in [0.5, 0.6) is 0 Å². The molecule has 5 rings (SSSR count). The van der Waals surface area contributed by atoms with Gasteiger partial charge in [0.25, 0.3) is 0 Å². The van der Waals surface area contributed by atoms with Gasteiger partial charge in [-0.25, -0.2) is 9.59 Å². The second kappa shape index (κ2) is 9.56. The number of carboxylic acid groups (broad SMARTS) is 2. The number of likely N-dealkylation sites (N-methyl/N-ethyl adjacent to an activating group) is 1. The Morgan fingerprint density at radius 3 is 2.24 bits per heavy atom. The second-order valence-corrected chi connectivity index (χ2v) is 8.58. The Balaban J connectivity index is 0.000000408. The van der Waals surface area contributed by atoms with E-state index in [1.165, 1.54) is 10.9 Å². The first-order valence-electron chi connectivity index (χ1n) is 11.0. The summed E-state index contributed by atoms with van der Waals surface area (Å²) in [6.45, 7) is 3.34. The molecule has 178 valence electrons. The topological polar surface area (TPSA) is 115 Å². The van der Waals surface area contributed by atoms with Crippen LogP contribution in [-0.2, 0) is 20.9 Å². The third kappa shape index (κ3) is 4.47. The molecule has 0 unspecified atom stereocenters. The fraction of sp³-hybridized carbons (Fsp3) is 0.320. The van der Waals surface area contributed by atoms with E-state index in [0.29, 0.717) is 6.67 Å². The Labute approximate surface area is 196 Å². The van der Waals surface area contributed by atoms with E-state index in [1.54, 1.807) is 0 Å². The van der Waals surface area contributed by atoms with Gasteiger partial charge in [0, 0.05) is 43.3 Å². The van der Waals surface area contributed by atoms with Crippen LogP contribution in [0.3, 0.4) is 0 Å². The maximum atomic E-state index is 13.1. The van der Waals surface area contributed by atoms with Gasteiger partial charge in [-0.05, 0) is 31.0 Å². The highest BCUT2D eigenvalue weighted by Gasteiger charge is 2.52. The van der Waals surface area contributed by atoms with Crippen LogP contribution in [0, 0.1) is 0 Å². The second-order valence-electron chi connectivity index (χ2n) is 8.58. The molecule has 0 bridgehead atoms. The van der Waals surface area contributed by atoms with E-state index in [9.17, 15) is 4.79 Å². The number of nitrogens with zero attached hydrogens (tertiary/aromatic N) is 3. The molecule has 3 heterocycles. The number of hydrogen-bond acceptors (Lipinski definition) is 6. The van der Waals surface area contributed by atoms with Crippen molar-refractivity contribution in [3.8, 4) is 0 Å². The predicted octanol–water partition coefficient (Wildman–Crippen LogP) is 2.86. The van der Waals surface area contributed by atoms with Crippen molar-refractivity contribution in [3.63, 3.8) is 0 Å². The van der Waals surface area contributed by atoms with Crippen molar-refractivity contribution in [1.29, 1.82) is 0 Å². The fourth-order valence-electron chi connectivity index (χ4n) is 4.78. The number of carbonyl (C=O) groups is 3. The molecule has 2 saturated heterocycles. The van der Waals surface area contributed by atoms with Crippen molar-refractivity contribution in [2.75, 3.05) is 31.7 Å². The lowest BCUT2D eigenvalue weighted by Gasteiger charge is -2.43. The van der Waals surface area contributed by atoms with Crippen LogP contribution < -0.4 is 4.90 Å². The van der Waals surface area contributed by atoms with Gasteiger partial charge >= 0.3 is 11.9 Å². The predicted molar refractivity (Wildman–Crippen MR) is 125 cm³/mol. The molecule has 0 atom stereocenters. The molecule has 34 heavy (non-hydrogen) atoms. The molecule has 0 aliphatic carbocycles. The molecule has 2 aliphatic rings. The summed E-state index contributed by atoms with van der Waals surface area (Å²) in [7, 11) is 1.91. The summed E-state index contributed by atoms with van der Waals surface area (Å²) in [5, 5.41) is 16.0. The Morgan fingerprint density at radius 2 is 1.59 bits per heavy atom. The molecule has 2 N–H and O–H groups in total. The molecule has 2 fully saturated rings. The molecule has 1 aromatic heterocycles. The van der Waals surface area contributed by atoms with Gasteiger partial charge in [0.15, 0.2) is 0 Å². The Hall–Kier alpha value is -3.85. The number of hydrogen-bond donors (Lipinski definition) is 2. The molecule has 1 spiro atoms. The number of likely N-dealkylation sites (tertiary alicyclic amines) is 1. The van der Waals surface area contributed by atoms with Crippen molar-refractivity contribution in [3.05, 3.63) is 66.4 Å². The van der Waals surface area contributed by atoms with Crippen molar-refractivity contribution >= 4 is 34.5 Å². The van der Waals surface area contributed by atoms with Crippen molar-refractivity contribution in [2.24, 2.45) is 0 Å². The van der Waals surface area contributed by atoms with Crippen molar-refractivity contribution in [2.45, 2.75) is 24.9 Å². The quantitative estimate of drug-likeness (QED) is 0.568. The lowest BCUT2D eigenvalue weighted by atomic mass is 9.85. The fourth-order valence-corrected chi connectivity index (χ4v) is 4.78. The van der Waals surface area contributed by atoms with Crippen LogP contribution in [0.1, 0.15) is 18.4 Å².